The number of hydrogen-bond acceptors (Lipinski definition) is 2. The van der Waals surface area contributed by atoms with Gasteiger partial charge in [0.2, 0.25) is 0 Å². The lowest BCUT2D eigenvalue weighted by atomic mass is 9.91. The van der Waals surface area contributed by atoms with Gasteiger partial charge in [-0.05, 0) is 37.5 Å². The van der Waals surface area contributed by atoms with E-state index in [0.717, 1.165) is 44.1 Å². The van der Waals surface area contributed by atoms with Crippen molar-refractivity contribution in [3.8, 4) is 6.07 Å². The highest BCUT2D eigenvalue weighted by Crippen LogP contribution is 2.27. The third kappa shape index (κ3) is 3.32. The van der Waals surface area contributed by atoms with Crippen LogP contribution in [0.15, 0.2) is 18.2 Å². The van der Waals surface area contributed by atoms with E-state index >= 15 is 0 Å². The Hall–Kier alpha value is -1.53. The lowest BCUT2D eigenvalue weighted by Crippen LogP contribution is -2.47. The van der Waals surface area contributed by atoms with Crippen molar-refractivity contribution in [1.82, 2.24) is 5.32 Å². The molecule has 0 heterocycles. The first-order valence-electron chi connectivity index (χ1n) is 7.06. The Bertz CT molecular complexity index is 540. The standard InChI is InChI=1S/C16H19ClN2O/c1-12-6-7-13(10-14(12)17)15(20)19-16(11-18)8-4-2-3-5-9-16/h6-7,10H,2-5,8-9H2,1H3,(H,19,20). The minimum Gasteiger partial charge on any atom is -0.334 e. The van der Waals surface area contributed by atoms with Crippen LogP contribution in [0.5, 0.6) is 0 Å². The number of carbonyl (C=O) groups excluding carboxylic acids is 1. The highest BCUT2D eigenvalue weighted by Gasteiger charge is 2.32. The van der Waals surface area contributed by atoms with Gasteiger partial charge in [0.05, 0.1) is 6.07 Å². The molecule has 1 N–H and O–H groups in total. The molecule has 3 nitrogen and oxygen atoms in total. The van der Waals surface area contributed by atoms with E-state index in [1.165, 1.54) is 0 Å². The van der Waals surface area contributed by atoms with Crippen molar-refractivity contribution in [2.24, 2.45) is 0 Å². The Labute approximate surface area is 124 Å². The molecule has 1 aliphatic carbocycles. The molecule has 106 valence electrons. The number of hydrogen-bond donors (Lipinski definition) is 1. The molecule has 1 aromatic rings. The first-order chi connectivity index (χ1) is 9.56. The van der Waals surface area contributed by atoms with Crippen LogP contribution in [-0.4, -0.2) is 11.4 Å². The van der Waals surface area contributed by atoms with Crippen LogP contribution < -0.4 is 5.32 Å². The summed E-state index contributed by atoms with van der Waals surface area (Å²) < 4.78 is 0. The van der Waals surface area contributed by atoms with Crippen molar-refractivity contribution in [2.75, 3.05) is 0 Å². The number of amides is 1. The van der Waals surface area contributed by atoms with Crippen LogP contribution in [0.25, 0.3) is 0 Å². The van der Waals surface area contributed by atoms with Gasteiger partial charge in [0.15, 0.2) is 0 Å². The van der Waals surface area contributed by atoms with Crippen LogP contribution in [0, 0.1) is 18.3 Å². The molecule has 0 unspecified atom stereocenters. The van der Waals surface area contributed by atoms with Gasteiger partial charge in [-0.15, -0.1) is 0 Å². The monoisotopic (exact) mass is 290 g/mol. The molecule has 0 aliphatic heterocycles. The van der Waals surface area contributed by atoms with Crippen molar-refractivity contribution in [3.63, 3.8) is 0 Å². The Morgan fingerprint density at radius 3 is 2.50 bits per heavy atom. The second-order valence-corrected chi connectivity index (χ2v) is 5.93. The molecule has 0 bridgehead atoms. The Balaban J connectivity index is 2.16. The lowest BCUT2D eigenvalue weighted by Gasteiger charge is -2.26. The molecule has 0 radical (unpaired) electrons. The molecule has 4 heteroatoms. The minimum atomic E-state index is -0.717. The Kier molecular flexibility index (Phi) is 4.67. The van der Waals surface area contributed by atoms with E-state index in [-0.39, 0.29) is 5.91 Å². The number of carbonyl (C=O) groups is 1. The maximum absolute atomic E-state index is 12.3. The fourth-order valence-electron chi connectivity index (χ4n) is 2.62. The highest BCUT2D eigenvalue weighted by atomic mass is 35.5. The number of rotatable bonds is 2. The van der Waals surface area contributed by atoms with Gasteiger partial charge in [-0.2, -0.15) is 5.26 Å². The molecule has 0 saturated heterocycles. The van der Waals surface area contributed by atoms with Crippen LogP contribution in [-0.2, 0) is 0 Å². The fourth-order valence-corrected chi connectivity index (χ4v) is 2.80. The number of aryl methyl sites for hydroxylation is 1. The summed E-state index contributed by atoms with van der Waals surface area (Å²) in [6, 6.07) is 7.55. The number of nitriles is 1. The second kappa shape index (κ2) is 6.28. The Morgan fingerprint density at radius 2 is 1.95 bits per heavy atom. The number of nitrogens with zero attached hydrogens (tertiary/aromatic N) is 1. The fraction of sp³-hybridized carbons (Fsp3) is 0.500. The zero-order valence-corrected chi connectivity index (χ0v) is 12.5. The molecule has 1 aliphatic rings. The van der Waals surface area contributed by atoms with E-state index in [1.807, 2.05) is 13.0 Å². The summed E-state index contributed by atoms with van der Waals surface area (Å²) in [6.07, 6.45) is 5.71. The van der Waals surface area contributed by atoms with Crippen LogP contribution in [0.1, 0.15) is 54.4 Å². The van der Waals surface area contributed by atoms with E-state index < -0.39 is 5.54 Å². The average molecular weight is 291 g/mol. The molecule has 1 aromatic carbocycles. The van der Waals surface area contributed by atoms with E-state index in [1.54, 1.807) is 12.1 Å². The normalized spacial score (nSPS) is 17.9. The summed E-state index contributed by atoms with van der Waals surface area (Å²) in [5.41, 5.74) is 0.734. The zero-order valence-electron chi connectivity index (χ0n) is 11.7. The molecule has 0 aromatic heterocycles. The number of benzene rings is 1. The van der Waals surface area contributed by atoms with Crippen LogP contribution >= 0.6 is 11.6 Å². The van der Waals surface area contributed by atoms with E-state index in [0.29, 0.717) is 10.6 Å². The molecule has 1 amide bonds. The van der Waals surface area contributed by atoms with E-state index in [4.69, 9.17) is 11.6 Å². The van der Waals surface area contributed by atoms with Crippen molar-refractivity contribution in [2.45, 2.75) is 51.0 Å². The summed E-state index contributed by atoms with van der Waals surface area (Å²) in [6.45, 7) is 1.89. The topological polar surface area (TPSA) is 52.9 Å². The second-order valence-electron chi connectivity index (χ2n) is 5.53. The van der Waals surface area contributed by atoms with Crippen LogP contribution in [0.2, 0.25) is 5.02 Å². The maximum Gasteiger partial charge on any atom is 0.252 e. The summed E-state index contributed by atoms with van der Waals surface area (Å²) in [5.74, 6) is -0.213. The largest absolute Gasteiger partial charge is 0.334 e. The van der Waals surface area contributed by atoms with Gasteiger partial charge in [-0.1, -0.05) is 43.4 Å². The maximum atomic E-state index is 12.3. The average Bonchev–Trinajstić information content (AvgIpc) is 2.68. The molecule has 1 saturated carbocycles. The van der Waals surface area contributed by atoms with Gasteiger partial charge in [-0.25, -0.2) is 0 Å². The Morgan fingerprint density at radius 1 is 1.30 bits per heavy atom. The molecular weight excluding hydrogens is 272 g/mol. The third-order valence-electron chi connectivity index (χ3n) is 3.96. The minimum absolute atomic E-state index is 0.213. The third-order valence-corrected chi connectivity index (χ3v) is 4.37. The highest BCUT2D eigenvalue weighted by molar-refractivity contribution is 6.31. The van der Waals surface area contributed by atoms with Gasteiger partial charge >= 0.3 is 0 Å². The first-order valence-corrected chi connectivity index (χ1v) is 7.44. The van der Waals surface area contributed by atoms with Gasteiger partial charge in [-0.3, -0.25) is 4.79 Å². The van der Waals surface area contributed by atoms with Crippen molar-refractivity contribution in [1.29, 1.82) is 5.26 Å². The number of nitrogens with one attached hydrogen (secondary N) is 1. The van der Waals surface area contributed by atoms with Crippen molar-refractivity contribution in [3.05, 3.63) is 34.3 Å². The van der Waals surface area contributed by atoms with Crippen LogP contribution in [0.4, 0.5) is 0 Å². The molecule has 2 rings (SSSR count). The molecule has 20 heavy (non-hydrogen) atoms. The lowest BCUT2D eigenvalue weighted by molar-refractivity contribution is 0.0913. The zero-order chi connectivity index (χ0) is 14.6. The predicted molar refractivity (Wildman–Crippen MR) is 79.7 cm³/mol. The van der Waals surface area contributed by atoms with Crippen molar-refractivity contribution >= 4 is 17.5 Å². The molecular formula is C16H19ClN2O. The summed E-state index contributed by atoms with van der Waals surface area (Å²) in [7, 11) is 0. The molecule has 0 atom stereocenters. The van der Waals surface area contributed by atoms with Gasteiger partial charge in [0.25, 0.3) is 5.91 Å². The van der Waals surface area contributed by atoms with Gasteiger partial charge in [0, 0.05) is 10.6 Å². The summed E-state index contributed by atoms with van der Waals surface area (Å²) in [4.78, 5) is 12.3. The van der Waals surface area contributed by atoms with E-state index in [2.05, 4.69) is 11.4 Å². The molecule has 1 fully saturated rings. The summed E-state index contributed by atoms with van der Waals surface area (Å²) >= 11 is 6.05. The summed E-state index contributed by atoms with van der Waals surface area (Å²) in [5, 5.41) is 13.0. The molecule has 0 spiro atoms. The smallest absolute Gasteiger partial charge is 0.252 e. The van der Waals surface area contributed by atoms with Crippen LogP contribution in [0.3, 0.4) is 0 Å². The van der Waals surface area contributed by atoms with Gasteiger partial charge < -0.3 is 5.32 Å². The first kappa shape index (κ1) is 14.9. The predicted octanol–water partition coefficient (Wildman–Crippen LogP) is 3.99. The van der Waals surface area contributed by atoms with E-state index in [9.17, 15) is 10.1 Å². The quantitative estimate of drug-likeness (QED) is 0.837. The SMILES string of the molecule is Cc1ccc(C(=O)NC2(C#N)CCCCCC2)cc1Cl. The van der Waals surface area contributed by atoms with Gasteiger partial charge in [0.1, 0.15) is 5.54 Å². The van der Waals surface area contributed by atoms with Crippen molar-refractivity contribution < 1.29 is 4.79 Å². The number of halogens is 1.